The summed E-state index contributed by atoms with van der Waals surface area (Å²) in [4.78, 5) is 12.7. The average Bonchev–Trinajstić information content (AvgIpc) is 2.94. The van der Waals surface area contributed by atoms with Gasteiger partial charge in [0.15, 0.2) is 11.5 Å². The van der Waals surface area contributed by atoms with Crippen molar-refractivity contribution in [3.05, 3.63) is 39.8 Å². The maximum Gasteiger partial charge on any atom is 0.209 e. The smallest absolute Gasteiger partial charge is 0.209 e. The molecule has 0 radical (unpaired) electrons. The number of thiophene rings is 1. The second kappa shape index (κ2) is 5.92. The highest BCUT2D eigenvalue weighted by molar-refractivity contribution is 7.12. The van der Waals surface area contributed by atoms with E-state index in [4.69, 9.17) is 14.2 Å². The minimum Gasteiger partial charge on any atom is -0.495 e. The largest absolute Gasteiger partial charge is 0.495 e. The molecule has 4 nitrogen and oxygen atoms in total. The molecular weight excluding hydrogens is 283 g/mol. The summed E-state index contributed by atoms with van der Waals surface area (Å²) in [6, 6.07) is 4.12. The Morgan fingerprint density at radius 1 is 1.05 bits per heavy atom. The molecule has 2 aromatic rings. The molecule has 1 aromatic heterocycles. The van der Waals surface area contributed by atoms with E-state index in [0.717, 1.165) is 6.07 Å². The van der Waals surface area contributed by atoms with Gasteiger partial charge in [-0.1, -0.05) is 0 Å². The van der Waals surface area contributed by atoms with Crippen molar-refractivity contribution in [3.8, 4) is 17.2 Å². The van der Waals surface area contributed by atoms with Crippen LogP contribution < -0.4 is 14.2 Å². The molecule has 106 valence electrons. The lowest BCUT2D eigenvalue weighted by Crippen LogP contribution is -2.05. The van der Waals surface area contributed by atoms with Gasteiger partial charge in [0.2, 0.25) is 5.78 Å². The fraction of sp³-hybridized carbons (Fsp3) is 0.214. The number of benzene rings is 1. The van der Waals surface area contributed by atoms with Crippen LogP contribution >= 0.6 is 11.3 Å². The molecule has 0 aliphatic rings. The third kappa shape index (κ3) is 2.46. The van der Waals surface area contributed by atoms with Crippen LogP contribution in [0.15, 0.2) is 23.6 Å². The van der Waals surface area contributed by atoms with Crippen molar-refractivity contribution in [2.24, 2.45) is 0 Å². The van der Waals surface area contributed by atoms with E-state index in [2.05, 4.69) is 0 Å². The van der Waals surface area contributed by atoms with Crippen LogP contribution in [0.3, 0.4) is 0 Å². The summed E-state index contributed by atoms with van der Waals surface area (Å²) in [6.07, 6.45) is 0. The normalized spacial score (nSPS) is 10.2. The molecule has 1 aromatic carbocycles. The molecule has 0 N–H and O–H groups in total. The number of methoxy groups -OCH3 is 3. The molecule has 0 bridgehead atoms. The summed E-state index contributed by atoms with van der Waals surface area (Å²) in [7, 11) is 4.29. The maximum atomic E-state index is 14.0. The van der Waals surface area contributed by atoms with Gasteiger partial charge in [-0.3, -0.25) is 4.79 Å². The molecule has 0 unspecified atom stereocenters. The van der Waals surface area contributed by atoms with E-state index in [9.17, 15) is 9.18 Å². The summed E-state index contributed by atoms with van der Waals surface area (Å²) in [5, 5.41) is 1.71. The Hall–Kier alpha value is -2.08. The lowest BCUT2D eigenvalue weighted by molar-refractivity contribution is 0.103. The zero-order valence-corrected chi connectivity index (χ0v) is 12.0. The Kier molecular flexibility index (Phi) is 4.24. The third-order valence-electron chi connectivity index (χ3n) is 2.77. The molecule has 20 heavy (non-hydrogen) atoms. The fourth-order valence-corrected chi connectivity index (χ4v) is 2.59. The Morgan fingerprint density at radius 2 is 1.65 bits per heavy atom. The van der Waals surface area contributed by atoms with E-state index in [0.29, 0.717) is 16.4 Å². The van der Waals surface area contributed by atoms with Crippen LogP contribution in [0.4, 0.5) is 4.39 Å². The predicted molar refractivity (Wildman–Crippen MR) is 73.8 cm³/mol. The standard InChI is InChI=1S/C14H13FO4S/c1-17-10-4-5-20-14(10)13(16)8-6-11(18-2)12(19-3)7-9(8)15/h4-7H,1-3H3. The molecule has 0 saturated carbocycles. The van der Waals surface area contributed by atoms with Crippen LogP contribution in [-0.2, 0) is 0 Å². The van der Waals surface area contributed by atoms with Crippen molar-refractivity contribution in [1.29, 1.82) is 0 Å². The first kappa shape index (κ1) is 14.3. The van der Waals surface area contributed by atoms with Crippen LogP contribution in [-0.4, -0.2) is 27.1 Å². The number of rotatable bonds is 5. The summed E-state index contributed by atoms with van der Waals surface area (Å²) in [6.45, 7) is 0. The van der Waals surface area contributed by atoms with Crippen molar-refractivity contribution in [2.75, 3.05) is 21.3 Å². The molecule has 0 atom stereocenters. The topological polar surface area (TPSA) is 44.8 Å². The molecule has 0 amide bonds. The van der Waals surface area contributed by atoms with Gasteiger partial charge in [0.1, 0.15) is 16.4 Å². The van der Waals surface area contributed by atoms with Crippen molar-refractivity contribution in [3.63, 3.8) is 0 Å². The monoisotopic (exact) mass is 296 g/mol. The van der Waals surface area contributed by atoms with Crippen LogP contribution in [0.1, 0.15) is 15.2 Å². The summed E-state index contributed by atoms with van der Waals surface area (Å²) < 4.78 is 29.2. The molecule has 2 rings (SSSR count). The van der Waals surface area contributed by atoms with Crippen LogP contribution in [0.2, 0.25) is 0 Å². The fourth-order valence-electron chi connectivity index (χ4n) is 1.77. The second-order valence-electron chi connectivity index (χ2n) is 3.83. The van der Waals surface area contributed by atoms with Gasteiger partial charge < -0.3 is 14.2 Å². The molecule has 0 aliphatic carbocycles. The number of carbonyl (C=O) groups excluding carboxylic acids is 1. The van der Waals surface area contributed by atoms with Crippen LogP contribution in [0, 0.1) is 5.82 Å². The van der Waals surface area contributed by atoms with E-state index in [1.807, 2.05) is 0 Å². The van der Waals surface area contributed by atoms with Gasteiger partial charge in [-0.2, -0.15) is 0 Å². The van der Waals surface area contributed by atoms with Gasteiger partial charge in [-0.05, 0) is 17.5 Å². The zero-order valence-electron chi connectivity index (χ0n) is 11.2. The van der Waals surface area contributed by atoms with E-state index in [1.165, 1.54) is 38.7 Å². The first-order chi connectivity index (χ1) is 9.62. The molecular formula is C14H13FO4S. The maximum absolute atomic E-state index is 14.0. The quantitative estimate of drug-likeness (QED) is 0.795. The van der Waals surface area contributed by atoms with Crippen molar-refractivity contribution in [2.45, 2.75) is 0 Å². The van der Waals surface area contributed by atoms with Gasteiger partial charge >= 0.3 is 0 Å². The van der Waals surface area contributed by atoms with Crippen molar-refractivity contribution < 1.29 is 23.4 Å². The zero-order chi connectivity index (χ0) is 14.7. The second-order valence-corrected chi connectivity index (χ2v) is 4.75. The Bertz CT molecular complexity index is 636. The SMILES string of the molecule is COc1cc(F)c(C(=O)c2sccc2OC)cc1OC. The van der Waals surface area contributed by atoms with E-state index in [1.54, 1.807) is 11.4 Å². The summed E-state index contributed by atoms with van der Waals surface area (Å²) in [5.74, 6) is -0.153. The first-order valence-electron chi connectivity index (χ1n) is 5.70. The Morgan fingerprint density at radius 3 is 2.25 bits per heavy atom. The van der Waals surface area contributed by atoms with Gasteiger partial charge in [0.05, 0.1) is 26.9 Å². The Labute approximate surface area is 119 Å². The van der Waals surface area contributed by atoms with E-state index < -0.39 is 11.6 Å². The minimum absolute atomic E-state index is 0.0802. The third-order valence-corrected chi connectivity index (χ3v) is 3.67. The highest BCUT2D eigenvalue weighted by Gasteiger charge is 2.22. The number of carbonyl (C=O) groups is 1. The van der Waals surface area contributed by atoms with Crippen LogP contribution in [0.25, 0.3) is 0 Å². The highest BCUT2D eigenvalue weighted by atomic mass is 32.1. The molecule has 1 heterocycles. The summed E-state index contributed by atoms with van der Waals surface area (Å²) in [5.41, 5.74) is -0.0802. The van der Waals surface area contributed by atoms with Crippen LogP contribution in [0.5, 0.6) is 17.2 Å². The minimum atomic E-state index is -0.664. The van der Waals surface area contributed by atoms with Crippen molar-refractivity contribution in [1.82, 2.24) is 0 Å². The molecule has 0 aliphatic heterocycles. The van der Waals surface area contributed by atoms with E-state index >= 15 is 0 Å². The molecule has 6 heteroatoms. The lowest BCUT2D eigenvalue weighted by Gasteiger charge is -2.10. The molecule has 0 spiro atoms. The number of ketones is 1. The number of hydrogen-bond donors (Lipinski definition) is 0. The lowest BCUT2D eigenvalue weighted by atomic mass is 10.1. The van der Waals surface area contributed by atoms with Gasteiger partial charge in [0.25, 0.3) is 0 Å². The average molecular weight is 296 g/mol. The number of hydrogen-bond acceptors (Lipinski definition) is 5. The van der Waals surface area contributed by atoms with Gasteiger partial charge in [-0.15, -0.1) is 11.3 Å². The predicted octanol–water partition coefficient (Wildman–Crippen LogP) is 3.14. The number of ether oxygens (including phenoxy) is 3. The number of halogens is 1. The first-order valence-corrected chi connectivity index (χ1v) is 6.58. The van der Waals surface area contributed by atoms with Gasteiger partial charge in [-0.25, -0.2) is 4.39 Å². The summed E-state index contributed by atoms with van der Waals surface area (Å²) >= 11 is 1.20. The van der Waals surface area contributed by atoms with E-state index in [-0.39, 0.29) is 11.3 Å². The van der Waals surface area contributed by atoms with Gasteiger partial charge in [0, 0.05) is 6.07 Å². The highest BCUT2D eigenvalue weighted by Crippen LogP contribution is 2.33. The molecule has 0 saturated heterocycles. The van der Waals surface area contributed by atoms with Crippen molar-refractivity contribution >= 4 is 17.1 Å². The molecule has 0 fully saturated rings. The Balaban J connectivity index is 2.50.